The highest BCUT2D eigenvalue weighted by atomic mass is 35.5. The third kappa shape index (κ3) is 3.63. The second-order valence-electron chi connectivity index (χ2n) is 6.75. The van der Waals surface area contributed by atoms with Crippen LogP contribution in [0.2, 0.25) is 5.02 Å². The summed E-state index contributed by atoms with van der Waals surface area (Å²) >= 11 is 7.70. The number of rotatable bonds is 3. The van der Waals surface area contributed by atoms with Crippen molar-refractivity contribution in [1.29, 1.82) is 0 Å². The summed E-state index contributed by atoms with van der Waals surface area (Å²) in [6.07, 6.45) is 0. The van der Waals surface area contributed by atoms with E-state index >= 15 is 0 Å². The quantitative estimate of drug-likeness (QED) is 0.775. The van der Waals surface area contributed by atoms with Crippen molar-refractivity contribution >= 4 is 44.1 Å². The zero-order valence-electron chi connectivity index (χ0n) is 14.3. The standard InChI is InChI=1S/C19H19ClN2O2S2/c1-13-5-7-16(8-6-13)22-18-12-26(23,24)11-17(18)21-19(22)25-10-14-3-2-4-15(20)9-14/h2-9,17-18H,10-12H2,1H3/t17-,18+/m1/s1. The molecule has 2 atom stereocenters. The average Bonchev–Trinajstić information content (AvgIpc) is 3.05. The predicted octanol–water partition coefficient (Wildman–Crippen LogP) is 3.92. The van der Waals surface area contributed by atoms with Gasteiger partial charge in [0.25, 0.3) is 0 Å². The molecule has 2 aromatic rings. The number of hydrogen-bond donors (Lipinski definition) is 0. The van der Waals surface area contributed by atoms with Crippen molar-refractivity contribution in [2.75, 3.05) is 16.4 Å². The maximum atomic E-state index is 12.1. The first kappa shape index (κ1) is 17.9. The second-order valence-corrected chi connectivity index (χ2v) is 10.3. The van der Waals surface area contributed by atoms with Crippen LogP contribution in [0.15, 0.2) is 53.5 Å². The monoisotopic (exact) mass is 406 g/mol. The van der Waals surface area contributed by atoms with Crippen LogP contribution >= 0.6 is 23.4 Å². The molecule has 136 valence electrons. The normalized spacial score (nSPS) is 23.8. The minimum absolute atomic E-state index is 0.107. The van der Waals surface area contributed by atoms with Gasteiger partial charge in [0, 0.05) is 16.5 Å². The number of amidine groups is 1. The molecule has 0 unspecified atom stereocenters. The van der Waals surface area contributed by atoms with Gasteiger partial charge in [0.15, 0.2) is 15.0 Å². The molecule has 1 saturated heterocycles. The Labute approximate surface area is 163 Å². The fourth-order valence-corrected chi connectivity index (χ4v) is 6.54. The Morgan fingerprint density at radius 2 is 1.96 bits per heavy atom. The van der Waals surface area contributed by atoms with Gasteiger partial charge in [-0.2, -0.15) is 0 Å². The molecular weight excluding hydrogens is 388 g/mol. The number of thioether (sulfide) groups is 1. The zero-order chi connectivity index (χ0) is 18.3. The number of sulfone groups is 1. The topological polar surface area (TPSA) is 49.7 Å². The van der Waals surface area contributed by atoms with Gasteiger partial charge in [0.2, 0.25) is 0 Å². The Balaban J connectivity index is 1.61. The SMILES string of the molecule is Cc1ccc(N2C(SCc3cccc(Cl)c3)=N[C@@H]3CS(=O)(=O)C[C@@H]32)cc1. The Morgan fingerprint density at radius 3 is 2.69 bits per heavy atom. The molecule has 1 fully saturated rings. The van der Waals surface area contributed by atoms with Gasteiger partial charge in [0.05, 0.1) is 23.6 Å². The zero-order valence-corrected chi connectivity index (χ0v) is 16.7. The van der Waals surface area contributed by atoms with E-state index in [4.69, 9.17) is 16.6 Å². The Bertz CT molecular complexity index is 958. The number of halogens is 1. The van der Waals surface area contributed by atoms with Gasteiger partial charge in [-0.25, -0.2) is 8.42 Å². The molecule has 0 aliphatic carbocycles. The van der Waals surface area contributed by atoms with Crippen LogP contribution in [0.25, 0.3) is 0 Å². The lowest BCUT2D eigenvalue weighted by atomic mass is 10.1. The highest BCUT2D eigenvalue weighted by Gasteiger charge is 2.47. The Hall–Kier alpha value is -1.50. The molecule has 0 amide bonds. The fourth-order valence-electron chi connectivity index (χ4n) is 3.42. The Morgan fingerprint density at radius 1 is 1.19 bits per heavy atom. The van der Waals surface area contributed by atoms with Crippen LogP contribution < -0.4 is 4.90 Å². The predicted molar refractivity (Wildman–Crippen MR) is 110 cm³/mol. The Kier molecular flexibility index (Phi) is 4.75. The summed E-state index contributed by atoms with van der Waals surface area (Å²) in [7, 11) is -3.03. The average molecular weight is 407 g/mol. The first-order valence-corrected chi connectivity index (χ1v) is 11.6. The van der Waals surface area contributed by atoms with Crippen molar-refractivity contribution in [3.8, 4) is 0 Å². The van der Waals surface area contributed by atoms with Crippen LogP contribution in [0.3, 0.4) is 0 Å². The van der Waals surface area contributed by atoms with E-state index in [2.05, 4.69) is 4.90 Å². The van der Waals surface area contributed by atoms with Gasteiger partial charge in [-0.15, -0.1) is 0 Å². The van der Waals surface area contributed by atoms with Crippen molar-refractivity contribution in [2.24, 2.45) is 4.99 Å². The van der Waals surface area contributed by atoms with Crippen LogP contribution in [-0.2, 0) is 15.6 Å². The minimum Gasteiger partial charge on any atom is -0.315 e. The largest absolute Gasteiger partial charge is 0.315 e. The highest BCUT2D eigenvalue weighted by molar-refractivity contribution is 8.13. The smallest absolute Gasteiger partial charge is 0.164 e. The van der Waals surface area contributed by atoms with E-state index in [1.54, 1.807) is 11.8 Å². The maximum absolute atomic E-state index is 12.1. The minimum atomic E-state index is -3.03. The van der Waals surface area contributed by atoms with Gasteiger partial charge in [-0.3, -0.25) is 4.99 Å². The van der Waals surface area contributed by atoms with E-state index in [1.165, 1.54) is 5.56 Å². The van der Waals surface area contributed by atoms with Crippen molar-refractivity contribution in [3.63, 3.8) is 0 Å². The number of aryl methyl sites for hydroxylation is 1. The molecule has 2 aromatic carbocycles. The molecular formula is C19H19ClN2O2S2. The lowest BCUT2D eigenvalue weighted by molar-refractivity contribution is 0.601. The van der Waals surface area contributed by atoms with Crippen molar-refractivity contribution in [3.05, 3.63) is 64.7 Å². The van der Waals surface area contributed by atoms with Gasteiger partial charge >= 0.3 is 0 Å². The number of nitrogens with zero attached hydrogens (tertiary/aromatic N) is 2. The third-order valence-corrected chi connectivity index (χ3v) is 7.65. The molecule has 0 saturated carbocycles. The number of aliphatic imine (C=N–C) groups is 1. The molecule has 0 N–H and O–H groups in total. The summed E-state index contributed by atoms with van der Waals surface area (Å²) < 4.78 is 24.2. The van der Waals surface area contributed by atoms with Gasteiger partial charge < -0.3 is 4.90 Å². The van der Waals surface area contributed by atoms with Crippen molar-refractivity contribution in [1.82, 2.24) is 0 Å². The molecule has 0 spiro atoms. The summed E-state index contributed by atoms with van der Waals surface area (Å²) in [5.41, 5.74) is 3.30. The number of hydrogen-bond acceptors (Lipinski definition) is 5. The maximum Gasteiger partial charge on any atom is 0.164 e. The number of fused-ring (bicyclic) bond motifs is 1. The molecule has 2 aliphatic rings. The number of anilines is 1. The van der Waals surface area contributed by atoms with Crippen molar-refractivity contribution < 1.29 is 8.42 Å². The van der Waals surface area contributed by atoms with E-state index in [0.717, 1.165) is 27.2 Å². The molecule has 2 heterocycles. The van der Waals surface area contributed by atoms with E-state index in [-0.39, 0.29) is 23.6 Å². The molecule has 7 heteroatoms. The molecule has 26 heavy (non-hydrogen) atoms. The van der Waals surface area contributed by atoms with Crippen LogP contribution in [0, 0.1) is 6.92 Å². The van der Waals surface area contributed by atoms with E-state index in [1.807, 2.05) is 55.5 Å². The second kappa shape index (κ2) is 6.91. The molecule has 2 aliphatic heterocycles. The highest BCUT2D eigenvalue weighted by Crippen LogP contribution is 2.36. The van der Waals surface area contributed by atoms with Gasteiger partial charge in [-0.1, -0.05) is 53.2 Å². The lowest BCUT2D eigenvalue weighted by Crippen LogP contribution is -2.39. The molecule has 0 aromatic heterocycles. The molecule has 0 radical (unpaired) electrons. The summed E-state index contributed by atoms with van der Waals surface area (Å²) in [5.74, 6) is 1.05. The lowest BCUT2D eigenvalue weighted by Gasteiger charge is -2.26. The van der Waals surface area contributed by atoms with Crippen LogP contribution in [0.4, 0.5) is 5.69 Å². The van der Waals surface area contributed by atoms with E-state index < -0.39 is 9.84 Å². The van der Waals surface area contributed by atoms with Crippen LogP contribution in [0.1, 0.15) is 11.1 Å². The fraction of sp³-hybridized carbons (Fsp3) is 0.316. The molecule has 0 bridgehead atoms. The first-order valence-electron chi connectivity index (χ1n) is 8.43. The number of benzene rings is 2. The summed E-state index contributed by atoms with van der Waals surface area (Å²) in [5, 5.41) is 1.61. The van der Waals surface area contributed by atoms with Gasteiger partial charge in [0.1, 0.15) is 0 Å². The summed E-state index contributed by atoms with van der Waals surface area (Å²) in [6, 6.07) is 15.7. The summed E-state index contributed by atoms with van der Waals surface area (Å²) in [6.45, 7) is 2.04. The van der Waals surface area contributed by atoms with E-state index in [9.17, 15) is 8.42 Å². The van der Waals surface area contributed by atoms with Crippen LogP contribution in [0.5, 0.6) is 0 Å². The van der Waals surface area contributed by atoms with Gasteiger partial charge in [-0.05, 0) is 36.8 Å². The van der Waals surface area contributed by atoms with E-state index in [0.29, 0.717) is 0 Å². The van der Waals surface area contributed by atoms with Crippen LogP contribution in [-0.4, -0.2) is 37.2 Å². The molecule has 4 nitrogen and oxygen atoms in total. The van der Waals surface area contributed by atoms with Crippen molar-refractivity contribution in [2.45, 2.75) is 24.8 Å². The summed E-state index contributed by atoms with van der Waals surface area (Å²) in [4.78, 5) is 6.86. The molecule has 4 rings (SSSR count). The third-order valence-electron chi connectivity index (χ3n) is 4.68. The first-order chi connectivity index (χ1) is 12.4.